The Balaban J connectivity index is 1.54. The summed E-state index contributed by atoms with van der Waals surface area (Å²) in [7, 11) is 2.21. The second-order valence-corrected chi connectivity index (χ2v) is 7.95. The molecule has 3 aromatic carbocycles. The number of hydrogen-bond donors (Lipinski definition) is 1. The number of phenols is 1. The Morgan fingerprint density at radius 2 is 1.67 bits per heavy atom. The van der Waals surface area contributed by atoms with Crippen molar-refractivity contribution in [3.63, 3.8) is 0 Å². The molecule has 1 atom stereocenters. The fourth-order valence-corrected chi connectivity index (χ4v) is 4.12. The standard InChI is InChI=1S/C26H30N2O2/c1-3-22(27(2)17-16-20-12-14-23(29)15-13-20)18-28-24-9-5-4-8-21(24)19-30-26-11-7-6-10-25(26)28/h4-15,22,29H,3,16-19H2,1-2H3. The first-order chi connectivity index (χ1) is 14.7. The first-order valence-electron chi connectivity index (χ1n) is 10.7. The maximum absolute atomic E-state index is 9.50. The number of likely N-dealkylation sites (N-methyl/N-ethyl adjacent to an activating group) is 1. The molecule has 0 saturated heterocycles. The van der Waals surface area contributed by atoms with Gasteiger partial charge in [-0.1, -0.05) is 49.4 Å². The van der Waals surface area contributed by atoms with Crippen LogP contribution in [0.2, 0.25) is 0 Å². The van der Waals surface area contributed by atoms with Crippen LogP contribution in [0.15, 0.2) is 72.8 Å². The minimum Gasteiger partial charge on any atom is -0.508 e. The third-order valence-corrected chi connectivity index (χ3v) is 6.00. The number of aromatic hydroxyl groups is 1. The molecule has 3 aromatic rings. The van der Waals surface area contributed by atoms with E-state index in [0.29, 0.717) is 18.4 Å². The lowest BCUT2D eigenvalue weighted by Crippen LogP contribution is -2.41. The maximum Gasteiger partial charge on any atom is 0.143 e. The summed E-state index contributed by atoms with van der Waals surface area (Å²) in [5.74, 6) is 1.26. The van der Waals surface area contributed by atoms with Crippen LogP contribution in [0.5, 0.6) is 11.5 Å². The number of phenolic OH excluding ortho intramolecular Hbond substituents is 1. The molecule has 0 radical (unpaired) electrons. The van der Waals surface area contributed by atoms with E-state index in [4.69, 9.17) is 4.74 Å². The van der Waals surface area contributed by atoms with Crippen LogP contribution in [0.4, 0.5) is 11.4 Å². The van der Waals surface area contributed by atoms with Crippen LogP contribution in [0.3, 0.4) is 0 Å². The zero-order chi connectivity index (χ0) is 20.9. The molecular weight excluding hydrogens is 372 g/mol. The summed E-state index contributed by atoms with van der Waals surface area (Å²) in [5, 5.41) is 9.50. The van der Waals surface area contributed by atoms with Crippen molar-refractivity contribution in [1.29, 1.82) is 0 Å². The third kappa shape index (κ3) is 4.44. The molecule has 1 unspecified atom stereocenters. The van der Waals surface area contributed by atoms with Crippen molar-refractivity contribution < 1.29 is 9.84 Å². The summed E-state index contributed by atoms with van der Waals surface area (Å²) in [6, 6.07) is 24.8. The van der Waals surface area contributed by atoms with Crippen molar-refractivity contribution in [3.8, 4) is 11.5 Å². The highest BCUT2D eigenvalue weighted by Crippen LogP contribution is 2.39. The fourth-order valence-electron chi connectivity index (χ4n) is 4.12. The summed E-state index contributed by atoms with van der Waals surface area (Å²) in [6.45, 7) is 4.72. The Labute approximate surface area is 179 Å². The van der Waals surface area contributed by atoms with Crippen LogP contribution < -0.4 is 9.64 Å². The highest BCUT2D eigenvalue weighted by Gasteiger charge is 2.25. The number of anilines is 2. The molecule has 4 nitrogen and oxygen atoms in total. The van der Waals surface area contributed by atoms with E-state index in [-0.39, 0.29) is 0 Å². The number of ether oxygens (including phenoxy) is 1. The van der Waals surface area contributed by atoms with Crippen molar-refractivity contribution in [2.45, 2.75) is 32.4 Å². The van der Waals surface area contributed by atoms with Gasteiger partial charge in [-0.3, -0.25) is 0 Å². The lowest BCUT2D eigenvalue weighted by molar-refractivity contribution is 0.243. The Morgan fingerprint density at radius 1 is 0.967 bits per heavy atom. The van der Waals surface area contributed by atoms with E-state index in [0.717, 1.165) is 37.4 Å². The van der Waals surface area contributed by atoms with E-state index in [1.807, 2.05) is 18.2 Å². The van der Waals surface area contributed by atoms with E-state index >= 15 is 0 Å². The first-order valence-corrected chi connectivity index (χ1v) is 10.7. The van der Waals surface area contributed by atoms with E-state index in [1.54, 1.807) is 12.1 Å². The van der Waals surface area contributed by atoms with E-state index < -0.39 is 0 Å². The monoisotopic (exact) mass is 402 g/mol. The van der Waals surface area contributed by atoms with Gasteiger partial charge in [-0.05, 0) is 55.8 Å². The van der Waals surface area contributed by atoms with E-state index in [2.05, 4.69) is 66.2 Å². The van der Waals surface area contributed by atoms with Gasteiger partial charge in [0.2, 0.25) is 0 Å². The number of fused-ring (bicyclic) bond motifs is 2. The molecule has 0 bridgehead atoms. The molecule has 1 aliphatic heterocycles. The van der Waals surface area contributed by atoms with Gasteiger partial charge >= 0.3 is 0 Å². The predicted octanol–water partition coefficient (Wildman–Crippen LogP) is 5.38. The van der Waals surface area contributed by atoms with Crippen molar-refractivity contribution >= 4 is 11.4 Å². The van der Waals surface area contributed by atoms with Crippen LogP contribution >= 0.6 is 0 Å². The number of rotatable bonds is 7. The van der Waals surface area contributed by atoms with Crippen LogP contribution in [0, 0.1) is 0 Å². The third-order valence-electron chi connectivity index (χ3n) is 6.00. The normalized spacial score (nSPS) is 13.9. The molecule has 0 aliphatic carbocycles. The molecule has 0 spiro atoms. The lowest BCUT2D eigenvalue weighted by atomic mass is 10.1. The van der Waals surface area contributed by atoms with Gasteiger partial charge in [0, 0.05) is 30.4 Å². The quantitative estimate of drug-likeness (QED) is 0.576. The van der Waals surface area contributed by atoms with Gasteiger partial charge in [0.05, 0.1) is 5.69 Å². The number of benzene rings is 3. The Bertz CT molecular complexity index is 923. The Hall–Kier alpha value is -2.98. The van der Waals surface area contributed by atoms with Crippen LogP contribution in [0.25, 0.3) is 0 Å². The van der Waals surface area contributed by atoms with Crippen LogP contribution in [-0.4, -0.2) is 36.2 Å². The van der Waals surface area contributed by atoms with E-state index in [9.17, 15) is 5.11 Å². The summed E-state index contributed by atoms with van der Waals surface area (Å²) in [4.78, 5) is 4.87. The van der Waals surface area contributed by atoms with Crippen molar-refractivity contribution in [1.82, 2.24) is 4.90 Å². The summed E-state index contributed by atoms with van der Waals surface area (Å²) in [5.41, 5.74) is 4.82. The number of nitrogens with zero attached hydrogens (tertiary/aromatic N) is 2. The molecule has 0 amide bonds. The zero-order valence-electron chi connectivity index (χ0n) is 17.8. The molecule has 0 aromatic heterocycles. The molecular formula is C26H30N2O2. The second kappa shape index (κ2) is 9.23. The molecule has 0 saturated carbocycles. The Morgan fingerprint density at radius 3 is 2.43 bits per heavy atom. The van der Waals surface area contributed by atoms with Gasteiger partial charge < -0.3 is 19.6 Å². The molecule has 4 rings (SSSR count). The van der Waals surface area contributed by atoms with Gasteiger partial charge in [0.25, 0.3) is 0 Å². The topological polar surface area (TPSA) is 35.9 Å². The minimum absolute atomic E-state index is 0.319. The summed E-state index contributed by atoms with van der Waals surface area (Å²) in [6.07, 6.45) is 2.03. The van der Waals surface area contributed by atoms with Gasteiger partial charge in [0.1, 0.15) is 18.1 Å². The summed E-state index contributed by atoms with van der Waals surface area (Å²) >= 11 is 0. The summed E-state index contributed by atoms with van der Waals surface area (Å²) < 4.78 is 6.12. The molecule has 1 heterocycles. The van der Waals surface area contributed by atoms with Crippen LogP contribution in [-0.2, 0) is 13.0 Å². The SMILES string of the molecule is CCC(CN1c2ccccc2COc2ccccc21)N(C)CCc1ccc(O)cc1. The average molecular weight is 403 g/mol. The molecule has 4 heteroatoms. The highest BCUT2D eigenvalue weighted by atomic mass is 16.5. The number of hydrogen-bond acceptors (Lipinski definition) is 4. The minimum atomic E-state index is 0.319. The molecule has 0 fully saturated rings. The second-order valence-electron chi connectivity index (χ2n) is 7.95. The van der Waals surface area contributed by atoms with Crippen LogP contribution in [0.1, 0.15) is 24.5 Å². The largest absolute Gasteiger partial charge is 0.508 e. The van der Waals surface area contributed by atoms with Crippen molar-refractivity contribution in [2.75, 3.05) is 25.0 Å². The molecule has 1 N–H and O–H groups in total. The lowest BCUT2D eigenvalue weighted by Gasteiger charge is -2.34. The van der Waals surface area contributed by atoms with Gasteiger partial charge in [-0.15, -0.1) is 0 Å². The zero-order valence-corrected chi connectivity index (χ0v) is 17.8. The Kier molecular flexibility index (Phi) is 6.24. The molecule has 1 aliphatic rings. The fraction of sp³-hybridized carbons (Fsp3) is 0.308. The maximum atomic E-state index is 9.50. The van der Waals surface area contributed by atoms with Crippen molar-refractivity contribution in [2.24, 2.45) is 0 Å². The first kappa shape index (κ1) is 20.3. The van der Waals surface area contributed by atoms with Crippen molar-refractivity contribution in [3.05, 3.63) is 83.9 Å². The smallest absolute Gasteiger partial charge is 0.143 e. The van der Waals surface area contributed by atoms with Gasteiger partial charge in [-0.25, -0.2) is 0 Å². The predicted molar refractivity (Wildman–Crippen MR) is 123 cm³/mol. The van der Waals surface area contributed by atoms with Gasteiger partial charge in [-0.2, -0.15) is 0 Å². The van der Waals surface area contributed by atoms with E-state index in [1.165, 1.54) is 16.8 Å². The average Bonchev–Trinajstić information content (AvgIpc) is 2.94. The van der Waals surface area contributed by atoms with Gasteiger partial charge in [0.15, 0.2) is 0 Å². The highest BCUT2D eigenvalue weighted by molar-refractivity contribution is 5.72. The molecule has 30 heavy (non-hydrogen) atoms. The molecule has 156 valence electrons. The number of para-hydroxylation sites is 3.